The predicted octanol–water partition coefficient (Wildman–Crippen LogP) is 5.93. The summed E-state index contributed by atoms with van der Waals surface area (Å²) in [5.41, 5.74) is 2.21. The van der Waals surface area contributed by atoms with Crippen molar-refractivity contribution in [1.29, 1.82) is 0 Å². The molecule has 0 aliphatic heterocycles. The Labute approximate surface area is 153 Å². The topological polar surface area (TPSA) is 18.5 Å². The Bertz CT molecular complexity index is 570. The second-order valence-electron chi connectivity index (χ2n) is 6.20. The van der Waals surface area contributed by atoms with Gasteiger partial charge in [0.1, 0.15) is 23.7 Å². The minimum atomic E-state index is 0.202. The Kier molecular flexibility index (Phi) is 6.28. The van der Waals surface area contributed by atoms with Crippen LogP contribution in [0.4, 0.5) is 0 Å². The van der Waals surface area contributed by atoms with Crippen LogP contribution < -0.4 is 9.47 Å². The number of alkyl halides is 2. The fourth-order valence-electron chi connectivity index (χ4n) is 3.02. The van der Waals surface area contributed by atoms with E-state index in [2.05, 4.69) is 0 Å². The van der Waals surface area contributed by atoms with Gasteiger partial charge in [0.05, 0.1) is 0 Å². The maximum absolute atomic E-state index is 6.12. The average Bonchev–Trinajstić information content (AvgIpc) is 2.63. The average molecular weight is 365 g/mol. The summed E-state index contributed by atoms with van der Waals surface area (Å²) in [5.74, 6) is 2.87. The lowest BCUT2D eigenvalue weighted by molar-refractivity contribution is 0.0680. The van der Waals surface area contributed by atoms with Crippen molar-refractivity contribution in [2.24, 2.45) is 0 Å². The van der Waals surface area contributed by atoms with Gasteiger partial charge in [-0.3, -0.25) is 0 Å². The third-order valence-corrected chi connectivity index (χ3v) is 4.96. The second-order valence-corrected chi connectivity index (χ2v) is 6.74. The molecule has 1 fully saturated rings. The summed E-state index contributed by atoms with van der Waals surface area (Å²) >= 11 is 11.6. The van der Waals surface area contributed by atoms with Gasteiger partial charge in [0.2, 0.25) is 0 Å². The van der Waals surface area contributed by atoms with Crippen LogP contribution in [0.5, 0.6) is 11.5 Å². The number of hydrogen-bond acceptors (Lipinski definition) is 2. The molecule has 128 valence electrons. The normalized spacial score (nSPS) is 20.6. The van der Waals surface area contributed by atoms with Crippen molar-refractivity contribution < 1.29 is 9.47 Å². The van der Waals surface area contributed by atoms with Crippen molar-refractivity contribution in [3.63, 3.8) is 0 Å². The van der Waals surface area contributed by atoms with Crippen molar-refractivity contribution in [3.8, 4) is 11.5 Å². The van der Waals surface area contributed by atoms with E-state index < -0.39 is 0 Å². The maximum Gasteiger partial charge on any atom is 0.119 e. The van der Waals surface area contributed by atoms with Gasteiger partial charge >= 0.3 is 0 Å². The number of halogens is 2. The second kappa shape index (κ2) is 8.64. The van der Waals surface area contributed by atoms with E-state index in [0.29, 0.717) is 11.8 Å². The molecule has 0 aromatic heterocycles. The molecule has 0 saturated heterocycles. The SMILES string of the molecule is ClCc1ccc(O[C@@H]2CCC[C@H](Oc3ccc(CCl)cc3)C2)cc1. The molecule has 0 bridgehead atoms. The highest BCUT2D eigenvalue weighted by atomic mass is 35.5. The van der Waals surface area contributed by atoms with E-state index in [9.17, 15) is 0 Å². The number of ether oxygens (including phenoxy) is 2. The lowest BCUT2D eigenvalue weighted by atomic mass is 9.94. The van der Waals surface area contributed by atoms with Gasteiger partial charge in [0.15, 0.2) is 0 Å². The number of hydrogen-bond donors (Lipinski definition) is 0. The standard InChI is InChI=1S/C20H22Cl2O2/c21-13-15-4-8-17(9-5-15)23-19-2-1-3-20(12-19)24-18-10-6-16(14-22)7-11-18/h4-11,19-20H,1-3,12-14H2/t19-,20+. The van der Waals surface area contributed by atoms with Crippen molar-refractivity contribution in [2.75, 3.05) is 0 Å². The molecule has 0 spiro atoms. The Morgan fingerprint density at radius 1 is 0.708 bits per heavy atom. The fraction of sp³-hybridized carbons (Fsp3) is 0.400. The maximum atomic E-state index is 6.12. The van der Waals surface area contributed by atoms with Crippen molar-refractivity contribution in [2.45, 2.75) is 49.7 Å². The Morgan fingerprint density at radius 2 is 1.12 bits per heavy atom. The largest absolute Gasteiger partial charge is 0.490 e. The summed E-state index contributed by atoms with van der Waals surface area (Å²) in [7, 11) is 0. The first-order valence-corrected chi connectivity index (χ1v) is 9.47. The highest BCUT2D eigenvalue weighted by Gasteiger charge is 2.24. The summed E-state index contributed by atoms with van der Waals surface area (Å²) in [6.07, 6.45) is 4.58. The number of benzene rings is 2. The lowest BCUT2D eigenvalue weighted by Gasteiger charge is -2.30. The van der Waals surface area contributed by atoms with Gasteiger partial charge < -0.3 is 9.47 Å². The molecule has 0 radical (unpaired) electrons. The molecule has 1 saturated carbocycles. The molecule has 0 N–H and O–H groups in total. The monoisotopic (exact) mass is 364 g/mol. The van der Waals surface area contributed by atoms with Crippen LogP contribution in [0.1, 0.15) is 36.8 Å². The van der Waals surface area contributed by atoms with Crippen LogP contribution in [0.25, 0.3) is 0 Å². The zero-order valence-electron chi connectivity index (χ0n) is 13.6. The van der Waals surface area contributed by atoms with E-state index in [1.165, 1.54) is 0 Å². The first-order chi connectivity index (χ1) is 11.8. The van der Waals surface area contributed by atoms with E-state index in [1.54, 1.807) is 0 Å². The highest BCUT2D eigenvalue weighted by Crippen LogP contribution is 2.27. The zero-order chi connectivity index (χ0) is 16.8. The van der Waals surface area contributed by atoms with Gasteiger partial charge in [0.25, 0.3) is 0 Å². The predicted molar refractivity (Wildman–Crippen MR) is 99.3 cm³/mol. The van der Waals surface area contributed by atoms with E-state index >= 15 is 0 Å². The molecule has 0 amide bonds. The first-order valence-electron chi connectivity index (χ1n) is 8.40. The van der Waals surface area contributed by atoms with E-state index in [0.717, 1.165) is 48.3 Å². The molecule has 2 nitrogen and oxygen atoms in total. The molecule has 1 aliphatic carbocycles. The van der Waals surface area contributed by atoms with Crippen LogP contribution in [-0.4, -0.2) is 12.2 Å². The van der Waals surface area contributed by atoms with E-state index in [4.69, 9.17) is 32.7 Å². The molecule has 0 unspecified atom stereocenters. The van der Waals surface area contributed by atoms with E-state index in [1.807, 2.05) is 48.5 Å². The molecule has 4 heteroatoms. The van der Waals surface area contributed by atoms with Gasteiger partial charge in [-0.15, -0.1) is 23.2 Å². The van der Waals surface area contributed by atoms with Crippen molar-refractivity contribution in [1.82, 2.24) is 0 Å². The summed E-state index contributed by atoms with van der Waals surface area (Å²) in [5, 5.41) is 0. The lowest BCUT2D eigenvalue weighted by Crippen LogP contribution is -2.31. The summed E-state index contributed by atoms with van der Waals surface area (Å²) < 4.78 is 12.2. The van der Waals surface area contributed by atoms with Gasteiger partial charge in [-0.1, -0.05) is 24.3 Å². The summed E-state index contributed by atoms with van der Waals surface area (Å²) in [6, 6.07) is 16.0. The Hall–Kier alpha value is -1.38. The quantitative estimate of drug-likeness (QED) is 0.591. The van der Waals surface area contributed by atoms with Gasteiger partial charge in [-0.2, -0.15) is 0 Å². The molecule has 2 atom stereocenters. The number of rotatable bonds is 6. The first kappa shape index (κ1) is 17.4. The smallest absolute Gasteiger partial charge is 0.119 e. The van der Waals surface area contributed by atoms with E-state index in [-0.39, 0.29) is 12.2 Å². The van der Waals surface area contributed by atoms with Crippen LogP contribution in [0.3, 0.4) is 0 Å². The minimum absolute atomic E-state index is 0.202. The van der Waals surface area contributed by atoms with Crippen molar-refractivity contribution in [3.05, 3.63) is 59.7 Å². The highest BCUT2D eigenvalue weighted by molar-refractivity contribution is 6.17. The summed E-state index contributed by atoms with van der Waals surface area (Å²) in [6.45, 7) is 0. The third kappa shape index (κ3) is 4.81. The Balaban J connectivity index is 1.54. The summed E-state index contributed by atoms with van der Waals surface area (Å²) in [4.78, 5) is 0. The van der Waals surface area contributed by atoms with Gasteiger partial charge in [-0.25, -0.2) is 0 Å². The van der Waals surface area contributed by atoms with Crippen LogP contribution in [0.15, 0.2) is 48.5 Å². The molecular formula is C20H22Cl2O2. The third-order valence-electron chi connectivity index (χ3n) is 4.34. The van der Waals surface area contributed by atoms with Crippen LogP contribution in [-0.2, 0) is 11.8 Å². The van der Waals surface area contributed by atoms with Gasteiger partial charge in [-0.05, 0) is 54.7 Å². The molecule has 3 rings (SSSR count). The van der Waals surface area contributed by atoms with Crippen LogP contribution in [0, 0.1) is 0 Å². The van der Waals surface area contributed by atoms with Crippen LogP contribution in [0.2, 0.25) is 0 Å². The van der Waals surface area contributed by atoms with Crippen molar-refractivity contribution >= 4 is 23.2 Å². The van der Waals surface area contributed by atoms with Crippen LogP contribution >= 0.6 is 23.2 Å². The minimum Gasteiger partial charge on any atom is -0.490 e. The molecule has 2 aromatic rings. The molecule has 1 aliphatic rings. The molecule has 0 heterocycles. The molecule has 2 aromatic carbocycles. The molecule has 24 heavy (non-hydrogen) atoms. The Morgan fingerprint density at radius 3 is 1.50 bits per heavy atom. The molecular weight excluding hydrogens is 343 g/mol. The van der Waals surface area contributed by atoms with Gasteiger partial charge in [0, 0.05) is 18.2 Å². The fourth-order valence-corrected chi connectivity index (χ4v) is 3.37. The zero-order valence-corrected chi connectivity index (χ0v) is 15.1.